The first-order valence-electron chi connectivity index (χ1n) is 16.8. The molecule has 0 atom stereocenters. The van der Waals surface area contributed by atoms with Crippen LogP contribution in [-0.4, -0.2) is 94.8 Å². The summed E-state index contributed by atoms with van der Waals surface area (Å²) in [5.74, 6) is -2.44. The molecule has 18 nitrogen and oxygen atoms in total. The predicted molar refractivity (Wildman–Crippen MR) is 226 cm³/mol. The third-order valence-electron chi connectivity index (χ3n) is 6.98. The number of halogens is 6. The van der Waals surface area contributed by atoms with E-state index in [0.717, 1.165) is 71.6 Å². The molecule has 0 bridgehead atoms. The first-order chi connectivity index (χ1) is 28.1. The summed E-state index contributed by atoms with van der Waals surface area (Å²) in [4.78, 5) is 50.1. The number of amides is 2. The van der Waals surface area contributed by atoms with E-state index >= 15 is 0 Å². The highest BCUT2D eigenvalue weighted by Crippen LogP contribution is 2.44. The molecular weight excluding hydrogens is 883 g/mol. The maximum absolute atomic E-state index is 14.3. The quantitative estimate of drug-likeness (QED) is 0.0256. The minimum Gasteiger partial charge on any atom is -0.370 e. The molecule has 0 saturated carbocycles. The molecule has 3 rings (SSSR count). The van der Waals surface area contributed by atoms with Crippen LogP contribution in [0.5, 0.6) is 0 Å². The van der Waals surface area contributed by atoms with Crippen molar-refractivity contribution in [2.75, 3.05) is 59.8 Å². The Morgan fingerprint density at radius 3 is 1.08 bits per heavy atom. The lowest BCUT2D eigenvalue weighted by Gasteiger charge is -2.18. The first-order valence-corrected chi connectivity index (χ1v) is 20.8. The van der Waals surface area contributed by atoms with Gasteiger partial charge in [-0.1, -0.05) is 0 Å². The van der Waals surface area contributed by atoms with Gasteiger partial charge in [0.25, 0.3) is 11.8 Å². The number of nitrogens with zero attached hydrogens (tertiary/aromatic N) is 6. The Morgan fingerprint density at radius 1 is 0.500 bits per heavy atom. The van der Waals surface area contributed by atoms with Gasteiger partial charge in [0.1, 0.15) is 17.7 Å². The Balaban J connectivity index is 1.99. The van der Waals surface area contributed by atoms with Crippen LogP contribution < -0.4 is 56.5 Å². The molecule has 2 aromatic carbocycles. The fourth-order valence-corrected chi connectivity index (χ4v) is 8.29. The van der Waals surface area contributed by atoms with E-state index in [1.54, 1.807) is 0 Å². The van der Waals surface area contributed by atoms with Gasteiger partial charge >= 0.3 is 12.4 Å². The lowest BCUT2D eigenvalue weighted by atomic mass is 10.1. The Bertz CT molecular complexity index is 1960. The first kappa shape index (κ1) is 48.9. The highest BCUT2D eigenvalue weighted by Gasteiger charge is 2.36. The van der Waals surface area contributed by atoms with E-state index in [1.165, 1.54) is 12.1 Å². The number of carbonyl (C=O) groups excluding carboxylic acids is 2. The van der Waals surface area contributed by atoms with Crippen molar-refractivity contribution in [3.63, 3.8) is 0 Å². The molecule has 0 fully saturated rings. The van der Waals surface area contributed by atoms with Crippen LogP contribution in [-0.2, 0) is 12.4 Å². The van der Waals surface area contributed by atoms with Gasteiger partial charge in [0.15, 0.2) is 23.8 Å². The molecule has 18 N–H and O–H groups in total. The topological polar surface area (TPSA) is 342 Å². The number of hydrogen-bond donors (Lipinski definition) is 10. The van der Waals surface area contributed by atoms with Crippen LogP contribution in [0.25, 0.3) is 0 Å². The van der Waals surface area contributed by atoms with Crippen molar-refractivity contribution in [3.05, 3.63) is 59.2 Å². The average molecular weight is 923 g/mol. The SMILES string of the molecule is NC(N)=NCCSc1cc(SCCN=C(N)N)c(C(F)(F)F)cc1NC(=O)c1cc(C(=O)Nc2cc(C(F)(F)F)c(SCCN=C(N)N)cc2SCCN=C(N)N)ncn1. The molecule has 1 heterocycles. The zero-order valence-electron chi connectivity index (χ0n) is 31.1. The zero-order chi connectivity index (χ0) is 44.6. The van der Waals surface area contributed by atoms with E-state index in [2.05, 4.69) is 40.6 Å². The van der Waals surface area contributed by atoms with Gasteiger partial charge in [-0.2, -0.15) is 26.3 Å². The summed E-state index contributed by atoms with van der Waals surface area (Å²) in [6.45, 7) is 0.213. The smallest absolute Gasteiger partial charge is 0.370 e. The summed E-state index contributed by atoms with van der Waals surface area (Å²) in [6, 6.07) is 4.86. The molecule has 0 aliphatic heterocycles. The summed E-state index contributed by atoms with van der Waals surface area (Å²) in [5.41, 5.74) is 39.2. The van der Waals surface area contributed by atoms with Crippen molar-refractivity contribution in [2.45, 2.75) is 31.9 Å². The van der Waals surface area contributed by atoms with Crippen molar-refractivity contribution in [1.82, 2.24) is 9.97 Å². The van der Waals surface area contributed by atoms with Crippen LogP contribution in [0.15, 0.2) is 76.2 Å². The summed E-state index contributed by atoms with van der Waals surface area (Å²) in [7, 11) is 0. The lowest BCUT2D eigenvalue weighted by molar-refractivity contribution is -0.140. The Labute approximate surface area is 355 Å². The van der Waals surface area contributed by atoms with Gasteiger partial charge < -0.3 is 56.5 Å². The predicted octanol–water partition coefficient (Wildman–Crippen LogP) is 2.48. The van der Waals surface area contributed by atoms with E-state index in [9.17, 15) is 35.9 Å². The van der Waals surface area contributed by atoms with Crippen LogP contribution in [0.2, 0.25) is 0 Å². The number of carbonyl (C=O) groups is 2. The van der Waals surface area contributed by atoms with Gasteiger partial charge in [0.2, 0.25) is 0 Å². The maximum atomic E-state index is 14.3. The lowest BCUT2D eigenvalue weighted by Crippen LogP contribution is -2.23. The third-order valence-corrected chi connectivity index (χ3v) is 11.1. The van der Waals surface area contributed by atoms with Gasteiger partial charge in [0, 0.05) is 48.7 Å². The molecular formula is C32H40F6N16O2S4. The van der Waals surface area contributed by atoms with Crippen LogP contribution in [0.4, 0.5) is 37.7 Å². The second kappa shape index (κ2) is 22.8. The molecule has 0 spiro atoms. The number of hydrogen-bond acceptors (Lipinski definition) is 12. The van der Waals surface area contributed by atoms with Crippen molar-refractivity contribution in [3.8, 4) is 0 Å². The summed E-state index contributed by atoms with van der Waals surface area (Å²) in [5, 5.41) is 4.81. The van der Waals surface area contributed by atoms with Crippen LogP contribution in [0.1, 0.15) is 32.1 Å². The number of guanidine groups is 4. The standard InChI is InChI=1S/C32H40F6N16O2S4/c33-31(34,35)15-9-17(23(59-7-3-49-29(43)44)12-21(15)57-5-1-47-27(39)40)53-25(55)19-11-20(52-14-51-19)26(56)54-18-10-16(32(36,37)38)22(58-6-2-48-28(41)42)13-24(18)60-8-4-50-30(45)46/h9-14H,1-8H2,(H,53,55)(H,54,56)(H4,39,40,47)(H4,41,42,48)(H4,43,44,49)(H4,45,46,50). The number of aliphatic imine (C=N–C) groups is 4. The van der Waals surface area contributed by atoms with Gasteiger partial charge in [-0.05, 0) is 24.3 Å². The van der Waals surface area contributed by atoms with Gasteiger partial charge in [-0.3, -0.25) is 29.6 Å². The van der Waals surface area contributed by atoms with Crippen LogP contribution >= 0.6 is 47.0 Å². The summed E-state index contributed by atoms with van der Waals surface area (Å²) < 4.78 is 85.9. The summed E-state index contributed by atoms with van der Waals surface area (Å²) >= 11 is 3.73. The van der Waals surface area contributed by atoms with Crippen molar-refractivity contribution < 1.29 is 35.9 Å². The fourth-order valence-electron chi connectivity index (χ4n) is 4.54. The van der Waals surface area contributed by atoms with Gasteiger partial charge in [-0.15, -0.1) is 47.0 Å². The normalized spacial score (nSPS) is 11.3. The van der Waals surface area contributed by atoms with E-state index in [0.29, 0.717) is 0 Å². The number of nitrogens with one attached hydrogen (secondary N) is 2. The van der Waals surface area contributed by atoms with Gasteiger partial charge in [-0.25, -0.2) is 9.97 Å². The second-order valence-electron chi connectivity index (χ2n) is 11.5. The van der Waals surface area contributed by atoms with Gasteiger partial charge in [0.05, 0.1) is 48.7 Å². The number of nitrogens with two attached hydrogens (primary N) is 8. The number of thioether (sulfide) groups is 4. The minimum atomic E-state index is -4.86. The number of aromatic nitrogens is 2. The zero-order valence-corrected chi connectivity index (χ0v) is 34.4. The molecule has 1 aromatic heterocycles. The van der Waals surface area contributed by atoms with E-state index in [4.69, 9.17) is 45.9 Å². The average Bonchev–Trinajstić information content (AvgIpc) is 3.15. The molecule has 0 aliphatic rings. The Kier molecular flexibility index (Phi) is 18.6. The molecule has 0 unspecified atom stereocenters. The molecule has 60 heavy (non-hydrogen) atoms. The molecule has 28 heteroatoms. The number of benzene rings is 2. The van der Waals surface area contributed by atoms with Crippen LogP contribution in [0.3, 0.4) is 0 Å². The molecule has 326 valence electrons. The van der Waals surface area contributed by atoms with Crippen molar-refractivity contribution in [1.29, 1.82) is 0 Å². The Hall–Kier alpha value is -5.48. The molecule has 3 aromatic rings. The highest BCUT2D eigenvalue weighted by molar-refractivity contribution is 8.00. The largest absolute Gasteiger partial charge is 0.417 e. The second-order valence-corrected chi connectivity index (χ2v) is 16.0. The highest BCUT2D eigenvalue weighted by atomic mass is 32.2. The van der Waals surface area contributed by atoms with Crippen molar-refractivity contribution in [2.24, 2.45) is 65.8 Å². The number of alkyl halides is 6. The monoisotopic (exact) mass is 922 g/mol. The minimum absolute atomic E-state index is 0.0224. The molecule has 0 saturated heterocycles. The van der Waals surface area contributed by atoms with Crippen LogP contribution in [0, 0.1) is 0 Å². The maximum Gasteiger partial charge on any atom is 0.417 e. The molecule has 0 aliphatic carbocycles. The van der Waals surface area contributed by atoms with E-state index in [1.807, 2.05) is 0 Å². The molecule has 2 amide bonds. The van der Waals surface area contributed by atoms with E-state index < -0.39 is 46.7 Å². The molecule has 0 radical (unpaired) electrons. The third kappa shape index (κ3) is 16.3. The number of anilines is 2. The van der Waals surface area contributed by atoms with Crippen molar-refractivity contribution >= 4 is 94.1 Å². The summed E-state index contributed by atoms with van der Waals surface area (Å²) in [6.07, 6.45) is -8.90. The Morgan fingerprint density at radius 2 is 0.800 bits per heavy atom. The van der Waals surface area contributed by atoms with E-state index in [-0.39, 0.29) is 104 Å². The fraction of sp³-hybridized carbons (Fsp3) is 0.312. The number of rotatable bonds is 20.